The molecule has 1 unspecified atom stereocenters. The highest BCUT2D eigenvalue weighted by atomic mass is 15.2. The average molecular weight is 210 g/mol. The molecule has 1 heterocycles. The van der Waals surface area contributed by atoms with Crippen molar-refractivity contribution in [3.63, 3.8) is 0 Å². The fourth-order valence-electron chi connectivity index (χ4n) is 3.34. The highest BCUT2D eigenvalue weighted by Gasteiger charge is 2.37. The molecule has 0 aromatic heterocycles. The molecule has 1 saturated heterocycles. The molecule has 1 N–H and O–H groups in total. The minimum Gasteiger partial charge on any atom is -0.313 e. The van der Waals surface area contributed by atoms with E-state index in [-0.39, 0.29) is 0 Å². The third kappa shape index (κ3) is 2.54. The molecule has 0 radical (unpaired) electrons. The lowest BCUT2D eigenvalue weighted by molar-refractivity contribution is 0.0887. The molecule has 88 valence electrons. The van der Waals surface area contributed by atoms with Crippen LogP contribution in [0.3, 0.4) is 0 Å². The van der Waals surface area contributed by atoms with Crippen molar-refractivity contribution in [2.75, 3.05) is 19.6 Å². The first-order valence-electron chi connectivity index (χ1n) is 6.73. The molecule has 15 heavy (non-hydrogen) atoms. The molecule has 2 nitrogen and oxygen atoms in total. The first kappa shape index (κ1) is 11.4. The summed E-state index contributed by atoms with van der Waals surface area (Å²) in [4.78, 5) is 2.75. The molecule has 2 fully saturated rings. The zero-order valence-corrected chi connectivity index (χ0v) is 10.4. The molecule has 0 aromatic rings. The van der Waals surface area contributed by atoms with Crippen LogP contribution in [0.25, 0.3) is 0 Å². The van der Waals surface area contributed by atoms with Gasteiger partial charge in [0.1, 0.15) is 0 Å². The normalized spacial score (nSPS) is 32.0. The minimum absolute atomic E-state index is 0.530. The summed E-state index contributed by atoms with van der Waals surface area (Å²) >= 11 is 0. The summed E-state index contributed by atoms with van der Waals surface area (Å²) in [5.74, 6) is 0. The summed E-state index contributed by atoms with van der Waals surface area (Å²) in [6, 6.07) is 0.758. The summed E-state index contributed by atoms with van der Waals surface area (Å²) in [5.41, 5.74) is 0.530. The Hall–Kier alpha value is -0.0800. The van der Waals surface area contributed by atoms with E-state index < -0.39 is 0 Å². The zero-order chi connectivity index (χ0) is 10.7. The number of likely N-dealkylation sites (N-methyl/N-ethyl adjacent to an activating group) is 1. The molecule has 1 aliphatic carbocycles. The van der Waals surface area contributed by atoms with Gasteiger partial charge in [-0.2, -0.15) is 0 Å². The Morgan fingerprint density at radius 2 is 2.00 bits per heavy atom. The fourth-order valence-corrected chi connectivity index (χ4v) is 3.34. The number of nitrogens with one attached hydrogen (secondary N) is 1. The Kier molecular flexibility index (Phi) is 3.68. The maximum atomic E-state index is 3.59. The molecule has 2 heteroatoms. The molecule has 1 aliphatic heterocycles. The van der Waals surface area contributed by atoms with Crippen LogP contribution in [0.15, 0.2) is 0 Å². The fraction of sp³-hybridized carbons (Fsp3) is 1.00. The van der Waals surface area contributed by atoms with Gasteiger partial charge in [0.25, 0.3) is 0 Å². The number of hydrogen-bond donors (Lipinski definition) is 1. The molecule has 0 amide bonds. The van der Waals surface area contributed by atoms with Gasteiger partial charge in [-0.15, -0.1) is 0 Å². The zero-order valence-electron chi connectivity index (χ0n) is 10.4. The number of hydrogen-bond acceptors (Lipinski definition) is 2. The van der Waals surface area contributed by atoms with Crippen LogP contribution >= 0.6 is 0 Å². The Balaban J connectivity index is 1.88. The van der Waals surface area contributed by atoms with E-state index in [1.165, 1.54) is 51.6 Å². The first-order chi connectivity index (χ1) is 7.24. The SMILES string of the molecule is CCNC1CCN(C2(C)CCCCC2)C1. The third-order valence-electron chi connectivity index (χ3n) is 4.38. The molecule has 0 aromatic carbocycles. The van der Waals surface area contributed by atoms with Gasteiger partial charge in [-0.25, -0.2) is 0 Å². The van der Waals surface area contributed by atoms with Crippen molar-refractivity contribution < 1.29 is 0 Å². The highest BCUT2D eigenvalue weighted by Crippen LogP contribution is 2.35. The standard InChI is InChI=1S/C13H26N2/c1-3-14-12-7-10-15(11-12)13(2)8-5-4-6-9-13/h12,14H,3-11H2,1-2H3. The Labute approximate surface area is 94.4 Å². The van der Waals surface area contributed by atoms with Crippen LogP contribution in [-0.2, 0) is 0 Å². The predicted molar refractivity (Wildman–Crippen MR) is 65.1 cm³/mol. The van der Waals surface area contributed by atoms with Gasteiger partial charge in [-0.05, 0) is 32.7 Å². The second-order valence-electron chi connectivity index (χ2n) is 5.55. The maximum Gasteiger partial charge on any atom is 0.0207 e. The quantitative estimate of drug-likeness (QED) is 0.769. The Morgan fingerprint density at radius 3 is 2.67 bits per heavy atom. The van der Waals surface area contributed by atoms with Gasteiger partial charge in [-0.3, -0.25) is 4.90 Å². The van der Waals surface area contributed by atoms with Crippen LogP contribution in [-0.4, -0.2) is 36.1 Å². The number of likely N-dealkylation sites (tertiary alicyclic amines) is 1. The average Bonchev–Trinajstić information content (AvgIpc) is 2.69. The topological polar surface area (TPSA) is 15.3 Å². The van der Waals surface area contributed by atoms with E-state index in [1.54, 1.807) is 0 Å². The van der Waals surface area contributed by atoms with Gasteiger partial charge in [0.05, 0.1) is 0 Å². The van der Waals surface area contributed by atoms with Gasteiger partial charge < -0.3 is 5.32 Å². The molecule has 2 rings (SSSR count). The molecule has 1 atom stereocenters. The molecular weight excluding hydrogens is 184 g/mol. The summed E-state index contributed by atoms with van der Waals surface area (Å²) in [7, 11) is 0. The van der Waals surface area contributed by atoms with Crippen molar-refractivity contribution in [3.05, 3.63) is 0 Å². The van der Waals surface area contributed by atoms with Crippen molar-refractivity contribution in [1.29, 1.82) is 0 Å². The van der Waals surface area contributed by atoms with Gasteiger partial charge in [-0.1, -0.05) is 26.2 Å². The summed E-state index contributed by atoms with van der Waals surface area (Å²) in [5, 5.41) is 3.59. The van der Waals surface area contributed by atoms with Crippen LogP contribution in [0.5, 0.6) is 0 Å². The Morgan fingerprint density at radius 1 is 1.27 bits per heavy atom. The summed E-state index contributed by atoms with van der Waals surface area (Å²) in [6.07, 6.45) is 8.54. The van der Waals surface area contributed by atoms with Gasteiger partial charge in [0, 0.05) is 24.7 Å². The van der Waals surface area contributed by atoms with Gasteiger partial charge >= 0.3 is 0 Å². The molecule has 2 aliphatic rings. The van der Waals surface area contributed by atoms with Crippen molar-refractivity contribution in [2.24, 2.45) is 0 Å². The Bertz CT molecular complexity index is 197. The summed E-state index contributed by atoms with van der Waals surface area (Å²) < 4.78 is 0. The monoisotopic (exact) mass is 210 g/mol. The molecule has 0 bridgehead atoms. The van der Waals surface area contributed by atoms with Crippen LogP contribution in [0.1, 0.15) is 52.4 Å². The van der Waals surface area contributed by atoms with Crippen LogP contribution in [0.2, 0.25) is 0 Å². The van der Waals surface area contributed by atoms with Crippen LogP contribution < -0.4 is 5.32 Å². The van der Waals surface area contributed by atoms with Crippen LogP contribution in [0, 0.1) is 0 Å². The van der Waals surface area contributed by atoms with Crippen molar-refractivity contribution >= 4 is 0 Å². The van der Waals surface area contributed by atoms with Crippen molar-refractivity contribution in [1.82, 2.24) is 10.2 Å². The van der Waals surface area contributed by atoms with Gasteiger partial charge in [0.2, 0.25) is 0 Å². The predicted octanol–water partition coefficient (Wildman–Crippen LogP) is 2.39. The maximum absolute atomic E-state index is 3.59. The lowest BCUT2D eigenvalue weighted by Crippen LogP contribution is -2.47. The van der Waals surface area contributed by atoms with E-state index in [1.807, 2.05) is 0 Å². The summed E-state index contributed by atoms with van der Waals surface area (Å²) in [6.45, 7) is 8.42. The largest absolute Gasteiger partial charge is 0.313 e. The highest BCUT2D eigenvalue weighted by molar-refractivity contribution is 4.94. The van der Waals surface area contributed by atoms with E-state index in [9.17, 15) is 0 Å². The van der Waals surface area contributed by atoms with E-state index >= 15 is 0 Å². The van der Waals surface area contributed by atoms with Crippen molar-refractivity contribution in [3.8, 4) is 0 Å². The van der Waals surface area contributed by atoms with E-state index in [0.29, 0.717) is 5.54 Å². The smallest absolute Gasteiger partial charge is 0.0207 e. The van der Waals surface area contributed by atoms with Crippen molar-refractivity contribution in [2.45, 2.75) is 64.0 Å². The second kappa shape index (κ2) is 4.84. The first-order valence-corrected chi connectivity index (χ1v) is 6.73. The van der Waals surface area contributed by atoms with E-state index in [2.05, 4.69) is 24.1 Å². The van der Waals surface area contributed by atoms with E-state index in [4.69, 9.17) is 0 Å². The number of nitrogens with zero attached hydrogens (tertiary/aromatic N) is 1. The van der Waals surface area contributed by atoms with E-state index in [0.717, 1.165) is 12.6 Å². The lowest BCUT2D eigenvalue weighted by atomic mass is 9.82. The third-order valence-corrected chi connectivity index (χ3v) is 4.38. The molecular formula is C13H26N2. The van der Waals surface area contributed by atoms with Crippen LogP contribution in [0.4, 0.5) is 0 Å². The second-order valence-corrected chi connectivity index (χ2v) is 5.55. The molecule has 1 saturated carbocycles. The number of rotatable bonds is 3. The molecule has 0 spiro atoms. The lowest BCUT2D eigenvalue weighted by Gasteiger charge is -2.42. The minimum atomic E-state index is 0.530. The van der Waals surface area contributed by atoms with Gasteiger partial charge in [0.15, 0.2) is 0 Å².